The van der Waals surface area contributed by atoms with Crippen molar-refractivity contribution in [3.63, 3.8) is 0 Å². The fourth-order valence-corrected chi connectivity index (χ4v) is 1.45. The molecule has 1 unspecified atom stereocenters. The third kappa shape index (κ3) is 4.20. The average Bonchev–Trinajstić information content (AvgIpc) is 2.26. The fourth-order valence-electron chi connectivity index (χ4n) is 1.33. The van der Waals surface area contributed by atoms with E-state index in [4.69, 9.17) is 11.6 Å². The van der Waals surface area contributed by atoms with Crippen LogP contribution < -0.4 is 5.32 Å². The third-order valence-corrected chi connectivity index (χ3v) is 2.75. The lowest BCUT2D eigenvalue weighted by Crippen LogP contribution is -2.28. The maximum absolute atomic E-state index is 9.41. The molecule has 0 saturated carbocycles. The molecule has 1 aromatic carbocycles. The van der Waals surface area contributed by atoms with Gasteiger partial charge in [0.25, 0.3) is 0 Å². The van der Waals surface area contributed by atoms with Gasteiger partial charge < -0.3 is 10.4 Å². The first-order valence-electron chi connectivity index (χ1n) is 5.30. The molecule has 0 aromatic heterocycles. The number of aliphatic hydroxyl groups excluding tert-OH is 1. The van der Waals surface area contributed by atoms with Crippen molar-refractivity contribution < 1.29 is 5.11 Å². The molecule has 2 N–H and O–H groups in total. The second-order valence-electron chi connectivity index (χ2n) is 3.74. The lowest BCUT2D eigenvalue weighted by molar-refractivity contribution is 0.164. The van der Waals surface area contributed by atoms with Crippen molar-refractivity contribution in [2.24, 2.45) is 0 Å². The topological polar surface area (TPSA) is 32.3 Å². The number of rotatable bonds is 5. The zero-order valence-electron chi connectivity index (χ0n) is 9.20. The summed E-state index contributed by atoms with van der Waals surface area (Å²) < 4.78 is 0. The highest BCUT2D eigenvalue weighted by molar-refractivity contribution is 6.30. The van der Waals surface area contributed by atoms with Crippen LogP contribution in [0.3, 0.4) is 0 Å². The normalized spacial score (nSPS) is 14.9. The van der Waals surface area contributed by atoms with Crippen molar-refractivity contribution in [2.75, 3.05) is 6.54 Å². The molecule has 2 atom stereocenters. The summed E-state index contributed by atoms with van der Waals surface area (Å²) in [6, 6.07) is 8.00. The summed E-state index contributed by atoms with van der Waals surface area (Å²) >= 11 is 5.81. The van der Waals surface area contributed by atoms with Gasteiger partial charge in [0.1, 0.15) is 0 Å². The number of hydrogen-bond donors (Lipinski definition) is 2. The molecular weight excluding hydrogens is 210 g/mol. The Morgan fingerprint density at radius 1 is 1.33 bits per heavy atom. The van der Waals surface area contributed by atoms with Gasteiger partial charge in [0.2, 0.25) is 0 Å². The van der Waals surface area contributed by atoms with Crippen LogP contribution in [0, 0.1) is 0 Å². The van der Waals surface area contributed by atoms with Crippen LogP contribution in [0.25, 0.3) is 0 Å². The number of nitrogens with one attached hydrogen (secondary N) is 1. The van der Waals surface area contributed by atoms with Crippen molar-refractivity contribution in [1.29, 1.82) is 0 Å². The van der Waals surface area contributed by atoms with E-state index >= 15 is 0 Å². The SMILES string of the molecule is CCC(O)CN[C@@H](C)c1ccc(Cl)cc1. The van der Waals surface area contributed by atoms with Gasteiger partial charge in [-0.05, 0) is 31.0 Å². The maximum atomic E-state index is 9.41. The highest BCUT2D eigenvalue weighted by Gasteiger charge is 2.06. The van der Waals surface area contributed by atoms with Crippen molar-refractivity contribution in [3.05, 3.63) is 34.9 Å². The largest absolute Gasteiger partial charge is 0.392 e. The second kappa shape index (κ2) is 6.11. The molecule has 0 saturated heterocycles. The van der Waals surface area contributed by atoms with Crippen molar-refractivity contribution in [1.82, 2.24) is 5.32 Å². The standard InChI is InChI=1S/C12H18ClNO/c1-3-12(15)8-14-9(2)10-4-6-11(13)7-5-10/h4-7,9,12,14-15H,3,8H2,1-2H3/t9-,12?/m0/s1. The monoisotopic (exact) mass is 227 g/mol. The summed E-state index contributed by atoms with van der Waals surface area (Å²) in [5.41, 5.74) is 1.18. The molecule has 15 heavy (non-hydrogen) atoms. The fraction of sp³-hybridized carbons (Fsp3) is 0.500. The minimum atomic E-state index is -0.264. The minimum absolute atomic E-state index is 0.239. The van der Waals surface area contributed by atoms with Gasteiger partial charge in [-0.15, -0.1) is 0 Å². The first kappa shape index (κ1) is 12.5. The van der Waals surface area contributed by atoms with E-state index in [1.54, 1.807) is 0 Å². The first-order chi connectivity index (χ1) is 7.13. The van der Waals surface area contributed by atoms with E-state index in [9.17, 15) is 5.11 Å². The van der Waals surface area contributed by atoms with Crippen LogP contribution >= 0.6 is 11.6 Å². The highest BCUT2D eigenvalue weighted by atomic mass is 35.5. The van der Waals surface area contributed by atoms with Crippen LogP contribution in [0.5, 0.6) is 0 Å². The second-order valence-corrected chi connectivity index (χ2v) is 4.18. The zero-order chi connectivity index (χ0) is 11.3. The summed E-state index contributed by atoms with van der Waals surface area (Å²) in [4.78, 5) is 0. The molecular formula is C12H18ClNO. The Labute approximate surface area is 96.3 Å². The van der Waals surface area contributed by atoms with Crippen LogP contribution in [0.2, 0.25) is 5.02 Å². The van der Waals surface area contributed by atoms with Gasteiger partial charge >= 0.3 is 0 Å². The van der Waals surface area contributed by atoms with E-state index < -0.39 is 0 Å². The van der Waals surface area contributed by atoms with Gasteiger partial charge in [0.15, 0.2) is 0 Å². The number of benzene rings is 1. The van der Waals surface area contributed by atoms with Crippen LogP contribution in [-0.2, 0) is 0 Å². The molecule has 0 aliphatic heterocycles. The molecule has 84 valence electrons. The Morgan fingerprint density at radius 2 is 1.93 bits per heavy atom. The lowest BCUT2D eigenvalue weighted by Gasteiger charge is -2.16. The Morgan fingerprint density at radius 3 is 2.47 bits per heavy atom. The molecule has 0 radical (unpaired) electrons. The predicted octanol–water partition coefficient (Wildman–Crippen LogP) is 2.76. The first-order valence-corrected chi connectivity index (χ1v) is 5.68. The molecule has 0 spiro atoms. The van der Waals surface area contributed by atoms with E-state index in [1.165, 1.54) is 5.56 Å². The van der Waals surface area contributed by atoms with E-state index in [0.29, 0.717) is 6.54 Å². The van der Waals surface area contributed by atoms with E-state index in [0.717, 1.165) is 11.4 Å². The van der Waals surface area contributed by atoms with E-state index in [2.05, 4.69) is 12.2 Å². The lowest BCUT2D eigenvalue weighted by atomic mass is 10.1. The molecule has 0 aliphatic rings. The highest BCUT2D eigenvalue weighted by Crippen LogP contribution is 2.15. The number of halogens is 1. The molecule has 1 aromatic rings. The van der Waals surface area contributed by atoms with Crippen LogP contribution in [-0.4, -0.2) is 17.8 Å². The van der Waals surface area contributed by atoms with Gasteiger partial charge in [-0.1, -0.05) is 30.7 Å². The van der Waals surface area contributed by atoms with Crippen LogP contribution in [0.1, 0.15) is 31.9 Å². The zero-order valence-corrected chi connectivity index (χ0v) is 9.96. The van der Waals surface area contributed by atoms with Gasteiger partial charge in [-0.2, -0.15) is 0 Å². The maximum Gasteiger partial charge on any atom is 0.0662 e. The molecule has 0 amide bonds. The summed E-state index contributed by atoms with van der Waals surface area (Å²) in [5.74, 6) is 0. The summed E-state index contributed by atoms with van der Waals surface area (Å²) in [6.07, 6.45) is 0.514. The van der Waals surface area contributed by atoms with Crippen molar-refractivity contribution in [2.45, 2.75) is 32.4 Å². The summed E-state index contributed by atoms with van der Waals surface area (Å²) in [6.45, 7) is 4.67. The minimum Gasteiger partial charge on any atom is -0.392 e. The Bertz CT molecular complexity index is 286. The van der Waals surface area contributed by atoms with Gasteiger partial charge in [-0.3, -0.25) is 0 Å². The van der Waals surface area contributed by atoms with Crippen LogP contribution in [0.15, 0.2) is 24.3 Å². The quantitative estimate of drug-likeness (QED) is 0.811. The molecule has 0 bridgehead atoms. The smallest absolute Gasteiger partial charge is 0.0662 e. The molecule has 0 aliphatic carbocycles. The third-order valence-electron chi connectivity index (χ3n) is 2.50. The predicted molar refractivity (Wildman–Crippen MR) is 64.2 cm³/mol. The molecule has 0 fully saturated rings. The molecule has 2 nitrogen and oxygen atoms in total. The number of hydrogen-bond acceptors (Lipinski definition) is 2. The summed E-state index contributed by atoms with van der Waals surface area (Å²) in [7, 11) is 0. The Balaban J connectivity index is 2.46. The summed E-state index contributed by atoms with van der Waals surface area (Å²) in [5, 5.41) is 13.4. The van der Waals surface area contributed by atoms with Crippen molar-refractivity contribution in [3.8, 4) is 0 Å². The van der Waals surface area contributed by atoms with E-state index in [1.807, 2.05) is 31.2 Å². The van der Waals surface area contributed by atoms with Gasteiger partial charge in [0, 0.05) is 17.6 Å². The molecule has 0 heterocycles. The van der Waals surface area contributed by atoms with E-state index in [-0.39, 0.29) is 12.1 Å². The number of aliphatic hydroxyl groups is 1. The average molecular weight is 228 g/mol. The molecule has 3 heteroatoms. The van der Waals surface area contributed by atoms with Gasteiger partial charge in [0.05, 0.1) is 6.10 Å². The van der Waals surface area contributed by atoms with Crippen molar-refractivity contribution >= 4 is 11.6 Å². The Hall–Kier alpha value is -0.570. The molecule has 1 rings (SSSR count). The Kier molecular flexibility index (Phi) is 5.09. The van der Waals surface area contributed by atoms with Crippen LogP contribution in [0.4, 0.5) is 0 Å². The van der Waals surface area contributed by atoms with Gasteiger partial charge in [-0.25, -0.2) is 0 Å².